The SMILES string of the molecule is CCCc1ccc(C(=O)NCC2CCN(C(=O)NC(C)(C)C)CC2)cc1. The van der Waals surface area contributed by atoms with E-state index in [2.05, 4.69) is 17.6 Å². The number of nitrogens with one attached hydrogen (secondary N) is 2. The number of piperidine rings is 1. The molecular formula is C21H33N3O2. The molecule has 0 radical (unpaired) electrons. The van der Waals surface area contributed by atoms with E-state index < -0.39 is 0 Å². The summed E-state index contributed by atoms with van der Waals surface area (Å²) >= 11 is 0. The Hall–Kier alpha value is -2.04. The molecule has 1 aliphatic rings. The zero-order chi connectivity index (χ0) is 19.2. The standard InChI is InChI=1S/C21H33N3O2/c1-5-6-16-7-9-18(10-8-16)19(25)22-15-17-11-13-24(14-12-17)20(26)23-21(2,3)4/h7-10,17H,5-6,11-15H2,1-4H3,(H,22,25)(H,23,26). The fourth-order valence-electron chi connectivity index (χ4n) is 3.19. The molecule has 0 aromatic heterocycles. The number of carbonyl (C=O) groups is 2. The van der Waals surface area contributed by atoms with E-state index in [1.54, 1.807) is 0 Å². The van der Waals surface area contributed by atoms with E-state index in [1.807, 2.05) is 49.9 Å². The second kappa shape index (κ2) is 9.06. The molecule has 0 atom stereocenters. The molecule has 0 spiro atoms. The van der Waals surface area contributed by atoms with Gasteiger partial charge in [-0.05, 0) is 63.6 Å². The van der Waals surface area contributed by atoms with Gasteiger partial charge >= 0.3 is 6.03 Å². The van der Waals surface area contributed by atoms with Crippen molar-refractivity contribution in [3.8, 4) is 0 Å². The highest BCUT2D eigenvalue weighted by atomic mass is 16.2. The largest absolute Gasteiger partial charge is 0.352 e. The Bertz CT molecular complexity index is 597. The van der Waals surface area contributed by atoms with Crippen molar-refractivity contribution < 1.29 is 9.59 Å². The maximum atomic E-state index is 12.3. The second-order valence-corrected chi connectivity index (χ2v) is 8.27. The number of nitrogens with zero attached hydrogens (tertiary/aromatic N) is 1. The van der Waals surface area contributed by atoms with Crippen molar-refractivity contribution in [3.63, 3.8) is 0 Å². The zero-order valence-corrected chi connectivity index (χ0v) is 16.6. The zero-order valence-electron chi connectivity index (χ0n) is 16.6. The lowest BCUT2D eigenvalue weighted by molar-refractivity contribution is 0.0937. The van der Waals surface area contributed by atoms with Crippen LogP contribution < -0.4 is 10.6 Å². The van der Waals surface area contributed by atoms with Crippen molar-refractivity contribution >= 4 is 11.9 Å². The van der Waals surface area contributed by atoms with Gasteiger partial charge in [0.2, 0.25) is 0 Å². The first-order valence-corrected chi connectivity index (χ1v) is 9.72. The summed E-state index contributed by atoms with van der Waals surface area (Å²) in [6, 6.07) is 7.88. The Morgan fingerprint density at radius 1 is 1.12 bits per heavy atom. The van der Waals surface area contributed by atoms with E-state index >= 15 is 0 Å². The van der Waals surface area contributed by atoms with E-state index in [-0.39, 0.29) is 17.5 Å². The average Bonchev–Trinajstić information content (AvgIpc) is 2.59. The number of urea groups is 1. The maximum Gasteiger partial charge on any atom is 0.317 e. The highest BCUT2D eigenvalue weighted by Gasteiger charge is 2.25. The smallest absolute Gasteiger partial charge is 0.317 e. The Kier molecular flexibility index (Phi) is 7.06. The molecule has 5 nitrogen and oxygen atoms in total. The molecule has 0 aliphatic carbocycles. The quantitative estimate of drug-likeness (QED) is 0.844. The third-order valence-corrected chi connectivity index (χ3v) is 4.69. The van der Waals surface area contributed by atoms with Gasteiger partial charge in [0.05, 0.1) is 0 Å². The van der Waals surface area contributed by atoms with Crippen LogP contribution in [0.25, 0.3) is 0 Å². The van der Waals surface area contributed by atoms with Crippen LogP contribution in [0, 0.1) is 5.92 Å². The van der Waals surface area contributed by atoms with Crippen LogP contribution >= 0.6 is 0 Å². The van der Waals surface area contributed by atoms with Gasteiger partial charge in [-0.3, -0.25) is 4.79 Å². The topological polar surface area (TPSA) is 61.4 Å². The van der Waals surface area contributed by atoms with E-state index in [0.29, 0.717) is 18.0 Å². The average molecular weight is 360 g/mol. The summed E-state index contributed by atoms with van der Waals surface area (Å²) < 4.78 is 0. The van der Waals surface area contributed by atoms with Gasteiger partial charge in [0.1, 0.15) is 0 Å². The van der Waals surface area contributed by atoms with E-state index in [9.17, 15) is 9.59 Å². The van der Waals surface area contributed by atoms with E-state index in [1.165, 1.54) is 5.56 Å². The summed E-state index contributed by atoms with van der Waals surface area (Å²) in [5, 5.41) is 6.05. The van der Waals surface area contributed by atoms with Gasteiger partial charge in [-0.15, -0.1) is 0 Å². The minimum Gasteiger partial charge on any atom is -0.352 e. The van der Waals surface area contributed by atoms with Crippen molar-refractivity contribution in [3.05, 3.63) is 35.4 Å². The van der Waals surface area contributed by atoms with Gasteiger partial charge in [0.25, 0.3) is 5.91 Å². The molecule has 1 aromatic carbocycles. The molecule has 5 heteroatoms. The summed E-state index contributed by atoms with van der Waals surface area (Å²) in [5.74, 6) is 0.415. The summed E-state index contributed by atoms with van der Waals surface area (Å²) in [4.78, 5) is 26.4. The van der Waals surface area contributed by atoms with Crippen molar-refractivity contribution in [1.82, 2.24) is 15.5 Å². The van der Waals surface area contributed by atoms with Crippen molar-refractivity contribution in [2.45, 2.75) is 58.9 Å². The third kappa shape index (κ3) is 6.36. The minimum atomic E-state index is -0.214. The van der Waals surface area contributed by atoms with Crippen LogP contribution in [0.1, 0.15) is 62.9 Å². The number of aryl methyl sites for hydroxylation is 1. The molecule has 26 heavy (non-hydrogen) atoms. The first kappa shape index (κ1) is 20.3. The van der Waals surface area contributed by atoms with Crippen LogP contribution in [0.2, 0.25) is 0 Å². The molecule has 0 unspecified atom stereocenters. The molecule has 1 fully saturated rings. The lowest BCUT2D eigenvalue weighted by Crippen LogP contribution is -2.51. The predicted octanol–water partition coefficient (Wildman–Crippen LogP) is 3.59. The van der Waals surface area contributed by atoms with E-state index in [0.717, 1.165) is 38.8 Å². The normalized spacial score (nSPS) is 15.6. The molecule has 1 saturated heterocycles. The van der Waals surface area contributed by atoms with Crippen molar-refractivity contribution in [2.24, 2.45) is 5.92 Å². The molecule has 0 saturated carbocycles. The molecule has 1 heterocycles. The number of hydrogen-bond acceptors (Lipinski definition) is 2. The number of rotatable bonds is 5. The highest BCUT2D eigenvalue weighted by molar-refractivity contribution is 5.94. The Labute approximate surface area is 157 Å². The monoisotopic (exact) mass is 359 g/mol. The summed E-state index contributed by atoms with van der Waals surface area (Å²) in [7, 11) is 0. The van der Waals surface area contributed by atoms with Crippen molar-refractivity contribution in [1.29, 1.82) is 0 Å². The summed E-state index contributed by atoms with van der Waals surface area (Å²) in [6.07, 6.45) is 4.00. The fraction of sp³-hybridized carbons (Fsp3) is 0.619. The molecule has 2 rings (SSSR count). The molecule has 1 aliphatic heterocycles. The number of carbonyl (C=O) groups excluding carboxylic acids is 2. The summed E-state index contributed by atoms with van der Waals surface area (Å²) in [5.41, 5.74) is 1.77. The molecule has 3 amide bonds. The van der Waals surface area contributed by atoms with Gasteiger partial charge < -0.3 is 15.5 Å². The molecular weight excluding hydrogens is 326 g/mol. The van der Waals surface area contributed by atoms with Crippen LogP contribution in [-0.2, 0) is 6.42 Å². The van der Waals surface area contributed by atoms with E-state index in [4.69, 9.17) is 0 Å². The lowest BCUT2D eigenvalue weighted by Gasteiger charge is -2.34. The number of benzene rings is 1. The Morgan fingerprint density at radius 2 is 1.73 bits per heavy atom. The van der Waals surface area contributed by atoms with Crippen LogP contribution in [0.5, 0.6) is 0 Å². The predicted molar refractivity (Wildman–Crippen MR) is 105 cm³/mol. The molecule has 0 bridgehead atoms. The first-order chi connectivity index (χ1) is 12.3. The highest BCUT2D eigenvalue weighted by Crippen LogP contribution is 2.17. The van der Waals surface area contributed by atoms with Gasteiger partial charge in [-0.25, -0.2) is 4.79 Å². The Morgan fingerprint density at radius 3 is 2.27 bits per heavy atom. The molecule has 2 N–H and O–H groups in total. The van der Waals surface area contributed by atoms with Gasteiger partial charge in [0.15, 0.2) is 0 Å². The van der Waals surface area contributed by atoms with Crippen molar-refractivity contribution in [2.75, 3.05) is 19.6 Å². The van der Waals surface area contributed by atoms with Crippen LogP contribution in [0.15, 0.2) is 24.3 Å². The fourth-order valence-corrected chi connectivity index (χ4v) is 3.19. The molecule has 1 aromatic rings. The maximum absolute atomic E-state index is 12.3. The first-order valence-electron chi connectivity index (χ1n) is 9.72. The second-order valence-electron chi connectivity index (χ2n) is 8.27. The summed E-state index contributed by atoms with van der Waals surface area (Å²) in [6.45, 7) is 10.3. The Balaban J connectivity index is 1.74. The number of likely N-dealkylation sites (tertiary alicyclic amines) is 1. The third-order valence-electron chi connectivity index (χ3n) is 4.69. The van der Waals surface area contributed by atoms with Crippen LogP contribution in [-0.4, -0.2) is 42.0 Å². The lowest BCUT2D eigenvalue weighted by atomic mass is 9.96. The van der Waals surface area contributed by atoms with Crippen LogP contribution in [0.4, 0.5) is 4.79 Å². The number of amides is 3. The van der Waals surface area contributed by atoms with Gasteiger partial charge in [0, 0.05) is 30.7 Å². The van der Waals surface area contributed by atoms with Gasteiger partial charge in [-0.2, -0.15) is 0 Å². The number of hydrogen-bond donors (Lipinski definition) is 2. The minimum absolute atomic E-state index is 0.00662. The van der Waals surface area contributed by atoms with Crippen LogP contribution in [0.3, 0.4) is 0 Å². The van der Waals surface area contributed by atoms with Gasteiger partial charge in [-0.1, -0.05) is 25.5 Å². The molecule has 144 valence electrons.